The fourth-order valence-corrected chi connectivity index (χ4v) is 2.90. The smallest absolute Gasteiger partial charge is 0.0814 e. The number of allylic oxidation sites excluding steroid dienone is 1. The van der Waals surface area contributed by atoms with E-state index in [1.54, 1.807) is 0 Å². The van der Waals surface area contributed by atoms with Crippen molar-refractivity contribution >= 4 is 33.9 Å². The Morgan fingerprint density at radius 2 is 1.91 bits per heavy atom. The summed E-state index contributed by atoms with van der Waals surface area (Å²) >= 11 is 6.38. The second kappa shape index (κ2) is 5.00. The van der Waals surface area contributed by atoms with E-state index in [0.29, 0.717) is 5.02 Å². The number of rotatable bonds is 1. The fraction of sp³-hybridized carbons (Fsp3) is 0.0588. The van der Waals surface area contributed by atoms with Crippen LogP contribution in [0.3, 0.4) is 0 Å². The Bertz CT molecular complexity index is 937. The van der Waals surface area contributed by atoms with Crippen molar-refractivity contribution in [2.75, 3.05) is 5.32 Å². The number of fused-ring (bicyclic) bond motifs is 3. The van der Waals surface area contributed by atoms with Gasteiger partial charge in [0.1, 0.15) is 0 Å². The number of benzene rings is 2. The number of nitrogens with zero attached hydrogens (tertiary/aromatic N) is 2. The van der Waals surface area contributed by atoms with Crippen LogP contribution in [-0.4, -0.2) is 15.9 Å². The SMILES string of the molecule is CC1=CNc2c(ccc3[nH]ncc23)C(c2ccccc2Cl)=N1. The first kappa shape index (κ1) is 13.1. The van der Waals surface area contributed by atoms with Crippen molar-refractivity contribution in [3.63, 3.8) is 0 Å². The molecule has 1 aromatic heterocycles. The Hall–Kier alpha value is -2.59. The number of aromatic nitrogens is 2. The average Bonchev–Trinajstić information content (AvgIpc) is 2.93. The summed E-state index contributed by atoms with van der Waals surface area (Å²) in [4.78, 5) is 4.74. The summed E-state index contributed by atoms with van der Waals surface area (Å²) < 4.78 is 0. The number of halogens is 1. The molecule has 0 atom stereocenters. The molecule has 0 saturated heterocycles. The molecule has 1 aliphatic rings. The van der Waals surface area contributed by atoms with Gasteiger partial charge >= 0.3 is 0 Å². The van der Waals surface area contributed by atoms with Crippen molar-refractivity contribution in [3.8, 4) is 0 Å². The molecule has 0 radical (unpaired) electrons. The van der Waals surface area contributed by atoms with Crippen LogP contribution in [0.15, 0.2) is 59.5 Å². The summed E-state index contributed by atoms with van der Waals surface area (Å²) in [6.07, 6.45) is 3.72. The third-order valence-corrected chi connectivity index (χ3v) is 4.05. The molecule has 3 aromatic rings. The van der Waals surface area contributed by atoms with E-state index in [-0.39, 0.29) is 0 Å². The van der Waals surface area contributed by atoms with Crippen LogP contribution in [0.25, 0.3) is 10.9 Å². The standard InChI is InChI=1S/C17H13ClN4/c1-10-8-19-16-12(6-7-15-13(16)9-20-22-15)17(21-10)11-4-2-3-5-14(11)18/h2-9,19H,1H3,(H,20,22). The number of nitrogens with one attached hydrogen (secondary N) is 2. The Morgan fingerprint density at radius 1 is 1.05 bits per heavy atom. The fourth-order valence-electron chi connectivity index (χ4n) is 2.67. The first-order valence-corrected chi connectivity index (χ1v) is 7.35. The quantitative estimate of drug-likeness (QED) is 0.702. The molecule has 4 nitrogen and oxygen atoms in total. The number of anilines is 1. The summed E-state index contributed by atoms with van der Waals surface area (Å²) in [6, 6.07) is 11.8. The van der Waals surface area contributed by atoms with Crippen molar-refractivity contribution in [2.24, 2.45) is 4.99 Å². The molecule has 2 N–H and O–H groups in total. The predicted molar refractivity (Wildman–Crippen MR) is 90.6 cm³/mol. The average molecular weight is 309 g/mol. The highest BCUT2D eigenvalue weighted by molar-refractivity contribution is 6.36. The van der Waals surface area contributed by atoms with Gasteiger partial charge in [0.05, 0.1) is 28.8 Å². The van der Waals surface area contributed by atoms with E-state index in [9.17, 15) is 0 Å². The van der Waals surface area contributed by atoms with Gasteiger partial charge in [-0.05, 0) is 25.1 Å². The highest BCUT2D eigenvalue weighted by atomic mass is 35.5. The zero-order valence-corrected chi connectivity index (χ0v) is 12.6. The lowest BCUT2D eigenvalue weighted by molar-refractivity contribution is 1.12. The number of hydrogen-bond donors (Lipinski definition) is 2. The Kier molecular flexibility index (Phi) is 2.98. The van der Waals surface area contributed by atoms with E-state index < -0.39 is 0 Å². The van der Waals surface area contributed by atoms with E-state index in [1.807, 2.05) is 55.7 Å². The van der Waals surface area contributed by atoms with Crippen LogP contribution < -0.4 is 5.32 Å². The van der Waals surface area contributed by atoms with Crippen LogP contribution in [-0.2, 0) is 0 Å². The number of aliphatic imine (C=N–C) groups is 1. The zero-order chi connectivity index (χ0) is 15.1. The summed E-state index contributed by atoms with van der Waals surface area (Å²) in [5.74, 6) is 0. The van der Waals surface area contributed by atoms with Crippen LogP contribution in [0.5, 0.6) is 0 Å². The van der Waals surface area contributed by atoms with Gasteiger partial charge in [-0.1, -0.05) is 29.8 Å². The Morgan fingerprint density at radius 3 is 2.77 bits per heavy atom. The lowest BCUT2D eigenvalue weighted by atomic mass is 9.98. The van der Waals surface area contributed by atoms with Crippen LogP contribution in [0.4, 0.5) is 5.69 Å². The summed E-state index contributed by atoms with van der Waals surface area (Å²) in [5.41, 5.74) is 5.66. The van der Waals surface area contributed by atoms with Gasteiger partial charge in [0, 0.05) is 27.7 Å². The maximum absolute atomic E-state index is 6.38. The molecule has 2 heterocycles. The van der Waals surface area contributed by atoms with Crippen LogP contribution >= 0.6 is 11.6 Å². The predicted octanol–water partition coefficient (Wildman–Crippen LogP) is 4.34. The number of hydrogen-bond acceptors (Lipinski definition) is 3. The first-order valence-electron chi connectivity index (χ1n) is 6.97. The molecule has 108 valence electrons. The van der Waals surface area contributed by atoms with Crippen LogP contribution in [0.1, 0.15) is 18.1 Å². The number of aromatic amines is 1. The molecule has 5 heteroatoms. The minimum Gasteiger partial charge on any atom is -0.359 e. The van der Waals surface area contributed by atoms with Gasteiger partial charge in [-0.15, -0.1) is 0 Å². The first-order chi connectivity index (χ1) is 10.7. The molecule has 1 aliphatic heterocycles. The van der Waals surface area contributed by atoms with Crippen molar-refractivity contribution in [1.82, 2.24) is 10.2 Å². The second-order valence-corrected chi connectivity index (χ2v) is 5.60. The highest BCUT2D eigenvalue weighted by Crippen LogP contribution is 2.32. The maximum atomic E-state index is 6.38. The van der Waals surface area contributed by atoms with Gasteiger partial charge < -0.3 is 5.32 Å². The van der Waals surface area contributed by atoms with Crippen molar-refractivity contribution in [1.29, 1.82) is 0 Å². The van der Waals surface area contributed by atoms with Gasteiger partial charge in [-0.25, -0.2) is 0 Å². The van der Waals surface area contributed by atoms with Crippen molar-refractivity contribution in [3.05, 3.63) is 70.6 Å². The topological polar surface area (TPSA) is 53.1 Å². The van der Waals surface area contributed by atoms with Gasteiger partial charge in [0.15, 0.2) is 0 Å². The summed E-state index contributed by atoms with van der Waals surface area (Å²) in [5, 5.41) is 12.2. The van der Waals surface area contributed by atoms with Crippen LogP contribution in [0.2, 0.25) is 5.02 Å². The van der Waals surface area contributed by atoms with E-state index in [2.05, 4.69) is 15.5 Å². The molecular weight excluding hydrogens is 296 g/mol. The third kappa shape index (κ3) is 2.00. The van der Waals surface area contributed by atoms with Gasteiger partial charge in [-0.2, -0.15) is 5.10 Å². The highest BCUT2D eigenvalue weighted by Gasteiger charge is 2.19. The molecule has 2 aromatic carbocycles. The van der Waals surface area contributed by atoms with Crippen molar-refractivity contribution in [2.45, 2.75) is 6.92 Å². The summed E-state index contributed by atoms with van der Waals surface area (Å²) in [7, 11) is 0. The van der Waals surface area contributed by atoms with Crippen molar-refractivity contribution < 1.29 is 0 Å². The molecule has 0 amide bonds. The lowest BCUT2D eigenvalue weighted by Crippen LogP contribution is -2.06. The maximum Gasteiger partial charge on any atom is 0.0814 e. The largest absolute Gasteiger partial charge is 0.359 e. The molecule has 0 bridgehead atoms. The molecule has 0 fully saturated rings. The summed E-state index contributed by atoms with van der Waals surface area (Å²) in [6.45, 7) is 1.96. The van der Waals surface area contributed by atoms with E-state index in [4.69, 9.17) is 16.6 Å². The van der Waals surface area contributed by atoms with E-state index in [1.165, 1.54) is 0 Å². The van der Waals surface area contributed by atoms with E-state index in [0.717, 1.165) is 39.1 Å². The molecule has 0 saturated carbocycles. The normalized spacial score (nSPS) is 13.9. The van der Waals surface area contributed by atoms with Gasteiger partial charge in [-0.3, -0.25) is 10.1 Å². The molecular formula is C17H13ClN4. The molecule has 0 aliphatic carbocycles. The Labute approximate surface area is 132 Å². The zero-order valence-electron chi connectivity index (χ0n) is 11.9. The molecule has 0 unspecified atom stereocenters. The third-order valence-electron chi connectivity index (χ3n) is 3.72. The lowest BCUT2D eigenvalue weighted by Gasteiger charge is -2.12. The minimum absolute atomic E-state index is 0.689. The molecule has 4 rings (SSSR count). The molecule has 22 heavy (non-hydrogen) atoms. The molecule has 0 spiro atoms. The number of H-pyrrole nitrogens is 1. The van der Waals surface area contributed by atoms with E-state index >= 15 is 0 Å². The van der Waals surface area contributed by atoms with Crippen LogP contribution in [0, 0.1) is 0 Å². The van der Waals surface area contributed by atoms with Gasteiger partial charge in [0.2, 0.25) is 0 Å². The van der Waals surface area contributed by atoms with Gasteiger partial charge in [0.25, 0.3) is 0 Å². The minimum atomic E-state index is 0.689. The second-order valence-electron chi connectivity index (χ2n) is 5.19. The monoisotopic (exact) mass is 308 g/mol. The Balaban J connectivity index is 2.03.